The molecule has 0 spiro atoms. The lowest BCUT2D eigenvalue weighted by Gasteiger charge is -2.14. The number of hydrogen-bond donors (Lipinski definition) is 1. The lowest BCUT2D eigenvalue weighted by Crippen LogP contribution is -2.29. The topological polar surface area (TPSA) is 102 Å². The number of aliphatic carboxylic acids is 1. The Labute approximate surface area is 139 Å². The molecule has 1 aromatic heterocycles. The van der Waals surface area contributed by atoms with Crippen LogP contribution in [0.3, 0.4) is 0 Å². The predicted octanol–water partition coefficient (Wildman–Crippen LogP) is 0.976. The van der Waals surface area contributed by atoms with Crippen molar-refractivity contribution in [3.8, 4) is 11.4 Å². The molecular formula is C15H17N3O5S. The molecule has 0 radical (unpaired) electrons. The number of rotatable bonds is 5. The minimum Gasteiger partial charge on any atom is -0.494 e. The summed E-state index contributed by atoms with van der Waals surface area (Å²) in [6, 6.07) is 7.12. The van der Waals surface area contributed by atoms with E-state index in [0.29, 0.717) is 17.9 Å². The van der Waals surface area contributed by atoms with E-state index in [1.807, 2.05) is 0 Å². The van der Waals surface area contributed by atoms with Gasteiger partial charge in [0.1, 0.15) is 16.3 Å². The molecule has 1 N–H and O–H groups in total. The molecule has 1 aliphatic heterocycles. The molecule has 24 heavy (non-hydrogen) atoms. The largest absolute Gasteiger partial charge is 0.494 e. The van der Waals surface area contributed by atoms with Crippen molar-refractivity contribution in [2.45, 2.75) is 11.3 Å². The van der Waals surface area contributed by atoms with Crippen LogP contribution >= 0.6 is 0 Å². The first-order valence-electron chi connectivity index (χ1n) is 7.34. The van der Waals surface area contributed by atoms with Gasteiger partial charge < -0.3 is 9.84 Å². The minimum atomic E-state index is -3.77. The second kappa shape index (κ2) is 6.25. The summed E-state index contributed by atoms with van der Waals surface area (Å²) in [7, 11) is -2.24. The SMILES string of the molecule is COc1ccccc1-n1cc(S(=O)(=O)N2CCC(C(=O)O)C2)cn1. The third-order valence-electron chi connectivity index (χ3n) is 4.03. The van der Waals surface area contributed by atoms with Gasteiger partial charge in [0.25, 0.3) is 0 Å². The number of methoxy groups -OCH3 is 1. The number of sulfonamides is 1. The lowest BCUT2D eigenvalue weighted by atomic mass is 10.1. The quantitative estimate of drug-likeness (QED) is 0.861. The number of para-hydroxylation sites is 2. The van der Waals surface area contributed by atoms with E-state index < -0.39 is 21.9 Å². The Balaban J connectivity index is 1.89. The number of nitrogens with zero attached hydrogens (tertiary/aromatic N) is 3. The van der Waals surface area contributed by atoms with Gasteiger partial charge in [-0.3, -0.25) is 4.79 Å². The fourth-order valence-electron chi connectivity index (χ4n) is 2.69. The number of carboxylic acid groups (broad SMARTS) is 1. The number of aromatic nitrogens is 2. The second-order valence-electron chi connectivity index (χ2n) is 5.48. The Morgan fingerprint density at radius 2 is 2.12 bits per heavy atom. The molecule has 0 amide bonds. The van der Waals surface area contributed by atoms with Crippen LogP contribution in [0.2, 0.25) is 0 Å². The Morgan fingerprint density at radius 1 is 1.38 bits per heavy atom. The van der Waals surface area contributed by atoms with E-state index >= 15 is 0 Å². The van der Waals surface area contributed by atoms with Gasteiger partial charge in [-0.05, 0) is 18.6 Å². The summed E-state index contributed by atoms with van der Waals surface area (Å²) in [4.78, 5) is 11.0. The normalized spacial score (nSPS) is 18.6. The maximum absolute atomic E-state index is 12.7. The molecule has 1 saturated heterocycles. The van der Waals surface area contributed by atoms with Gasteiger partial charge in [0.05, 0.1) is 25.4 Å². The van der Waals surface area contributed by atoms with Crippen molar-refractivity contribution in [1.29, 1.82) is 0 Å². The number of carbonyl (C=O) groups is 1. The summed E-state index contributed by atoms with van der Waals surface area (Å²) in [5.74, 6) is -1.07. The highest BCUT2D eigenvalue weighted by Gasteiger charge is 2.36. The molecule has 128 valence electrons. The molecule has 1 aliphatic rings. The third-order valence-corrected chi connectivity index (χ3v) is 5.85. The van der Waals surface area contributed by atoms with Crippen LogP contribution in [-0.2, 0) is 14.8 Å². The van der Waals surface area contributed by atoms with Crippen LogP contribution in [0.25, 0.3) is 5.69 Å². The number of ether oxygens (including phenoxy) is 1. The molecular weight excluding hydrogens is 334 g/mol. The predicted molar refractivity (Wildman–Crippen MR) is 84.6 cm³/mol. The fraction of sp³-hybridized carbons (Fsp3) is 0.333. The lowest BCUT2D eigenvalue weighted by molar-refractivity contribution is -0.141. The van der Waals surface area contributed by atoms with Crippen molar-refractivity contribution in [3.05, 3.63) is 36.7 Å². The van der Waals surface area contributed by atoms with Gasteiger partial charge in [-0.15, -0.1) is 0 Å². The van der Waals surface area contributed by atoms with Gasteiger partial charge in [0.2, 0.25) is 10.0 Å². The highest BCUT2D eigenvalue weighted by Crippen LogP contribution is 2.26. The average Bonchev–Trinajstić information content (AvgIpc) is 3.24. The highest BCUT2D eigenvalue weighted by atomic mass is 32.2. The summed E-state index contributed by atoms with van der Waals surface area (Å²) in [5, 5.41) is 13.1. The Kier molecular flexibility index (Phi) is 4.29. The summed E-state index contributed by atoms with van der Waals surface area (Å²) in [5.41, 5.74) is 0.617. The number of carboxylic acids is 1. The van der Waals surface area contributed by atoms with E-state index in [1.54, 1.807) is 24.3 Å². The maximum atomic E-state index is 12.7. The zero-order chi connectivity index (χ0) is 17.3. The van der Waals surface area contributed by atoms with Crippen molar-refractivity contribution < 1.29 is 23.1 Å². The smallest absolute Gasteiger partial charge is 0.307 e. The molecule has 1 fully saturated rings. The van der Waals surface area contributed by atoms with Gasteiger partial charge in [-0.2, -0.15) is 9.40 Å². The third kappa shape index (κ3) is 2.87. The van der Waals surface area contributed by atoms with Gasteiger partial charge in [-0.25, -0.2) is 13.1 Å². The Hall–Kier alpha value is -2.39. The fourth-order valence-corrected chi connectivity index (χ4v) is 4.12. The number of benzene rings is 1. The van der Waals surface area contributed by atoms with E-state index in [4.69, 9.17) is 9.84 Å². The summed E-state index contributed by atoms with van der Waals surface area (Å²) in [6.07, 6.45) is 2.98. The first-order chi connectivity index (χ1) is 11.4. The molecule has 1 aromatic carbocycles. The van der Waals surface area contributed by atoms with Crippen LogP contribution in [0, 0.1) is 5.92 Å². The molecule has 0 bridgehead atoms. The molecule has 9 heteroatoms. The highest BCUT2D eigenvalue weighted by molar-refractivity contribution is 7.89. The average molecular weight is 351 g/mol. The molecule has 0 saturated carbocycles. The van der Waals surface area contributed by atoms with Gasteiger partial charge in [0.15, 0.2) is 0 Å². The Morgan fingerprint density at radius 3 is 2.79 bits per heavy atom. The molecule has 3 rings (SSSR count). The Bertz CT molecular complexity index is 861. The molecule has 8 nitrogen and oxygen atoms in total. The second-order valence-corrected chi connectivity index (χ2v) is 7.42. The molecule has 2 heterocycles. The van der Waals surface area contributed by atoms with Gasteiger partial charge in [0, 0.05) is 13.1 Å². The minimum absolute atomic E-state index is 0.0164. The van der Waals surface area contributed by atoms with Crippen molar-refractivity contribution >= 4 is 16.0 Å². The van der Waals surface area contributed by atoms with Crippen molar-refractivity contribution in [1.82, 2.24) is 14.1 Å². The summed E-state index contributed by atoms with van der Waals surface area (Å²) in [6.45, 7) is 0.177. The van der Waals surface area contributed by atoms with E-state index in [0.717, 1.165) is 0 Å². The van der Waals surface area contributed by atoms with Crippen molar-refractivity contribution in [2.24, 2.45) is 5.92 Å². The van der Waals surface area contributed by atoms with E-state index in [1.165, 1.54) is 28.5 Å². The van der Waals surface area contributed by atoms with E-state index in [-0.39, 0.29) is 18.0 Å². The van der Waals surface area contributed by atoms with Crippen LogP contribution in [0.5, 0.6) is 5.75 Å². The molecule has 0 aliphatic carbocycles. The molecule has 1 unspecified atom stereocenters. The van der Waals surface area contributed by atoms with Crippen molar-refractivity contribution in [2.75, 3.05) is 20.2 Å². The van der Waals surface area contributed by atoms with E-state index in [2.05, 4.69) is 5.10 Å². The first-order valence-corrected chi connectivity index (χ1v) is 8.78. The molecule has 2 aromatic rings. The van der Waals surface area contributed by atoms with E-state index in [9.17, 15) is 13.2 Å². The van der Waals surface area contributed by atoms with Crippen molar-refractivity contribution in [3.63, 3.8) is 0 Å². The summed E-state index contributed by atoms with van der Waals surface area (Å²) < 4.78 is 33.2. The van der Waals surface area contributed by atoms with Crippen LogP contribution in [-0.4, -0.2) is 53.8 Å². The monoisotopic (exact) mass is 351 g/mol. The van der Waals surface area contributed by atoms with Crippen LogP contribution in [0.15, 0.2) is 41.6 Å². The van der Waals surface area contributed by atoms with Crippen LogP contribution < -0.4 is 4.74 Å². The summed E-state index contributed by atoms with van der Waals surface area (Å²) >= 11 is 0. The van der Waals surface area contributed by atoms with Gasteiger partial charge in [-0.1, -0.05) is 12.1 Å². The standard InChI is InChI=1S/C15H17N3O5S/c1-23-14-5-3-2-4-13(14)18-10-12(8-16-18)24(21,22)17-7-6-11(9-17)15(19)20/h2-5,8,10-11H,6-7,9H2,1H3,(H,19,20). The van der Waals surface area contributed by atoms with Gasteiger partial charge >= 0.3 is 5.97 Å². The zero-order valence-electron chi connectivity index (χ0n) is 13.0. The molecule has 1 atom stereocenters. The van der Waals surface area contributed by atoms with Crippen LogP contribution in [0.4, 0.5) is 0 Å². The number of hydrogen-bond acceptors (Lipinski definition) is 5. The maximum Gasteiger partial charge on any atom is 0.307 e. The zero-order valence-corrected chi connectivity index (χ0v) is 13.8. The first kappa shape index (κ1) is 16.5. The van der Waals surface area contributed by atoms with Crippen LogP contribution in [0.1, 0.15) is 6.42 Å².